The second kappa shape index (κ2) is 8.30. The van der Waals surface area contributed by atoms with Gasteiger partial charge in [0.1, 0.15) is 21.4 Å². The van der Waals surface area contributed by atoms with Crippen molar-refractivity contribution in [1.82, 2.24) is 14.3 Å². The van der Waals surface area contributed by atoms with E-state index in [1.165, 1.54) is 6.26 Å². The molecule has 1 aromatic carbocycles. The lowest BCUT2D eigenvalue weighted by Gasteiger charge is -2.30. The fraction of sp³-hybridized carbons (Fsp3) is 0.333. The predicted molar refractivity (Wildman–Crippen MR) is 118 cm³/mol. The van der Waals surface area contributed by atoms with Gasteiger partial charge in [0, 0.05) is 18.0 Å². The molecule has 1 aliphatic rings. The highest BCUT2D eigenvalue weighted by molar-refractivity contribution is 7.91. The maximum absolute atomic E-state index is 13.2. The molecule has 9 heteroatoms. The Hall–Kier alpha value is -1.93. The molecule has 0 N–H and O–H groups in total. The van der Waals surface area contributed by atoms with E-state index in [4.69, 9.17) is 23.2 Å². The first kappa shape index (κ1) is 21.3. The number of ketones is 1. The Balaban J connectivity index is 1.63. The van der Waals surface area contributed by atoms with E-state index in [-0.39, 0.29) is 16.1 Å². The van der Waals surface area contributed by atoms with Crippen molar-refractivity contribution in [2.75, 3.05) is 19.3 Å². The van der Waals surface area contributed by atoms with Crippen LogP contribution in [0.15, 0.2) is 42.6 Å². The van der Waals surface area contributed by atoms with E-state index in [0.29, 0.717) is 54.3 Å². The molecule has 1 fully saturated rings. The topological polar surface area (TPSA) is 71.8 Å². The van der Waals surface area contributed by atoms with Gasteiger partial charge in [0.2, 0.25) is 5.78 Å². The monoisotopic (exact) mass is 465 g/mol. The van der Waals surface area contributed by atoms with Crippen LogP contribution < -0.4 is 0 Å². The summed E-state index contributed by atoms with van der Waals surface area (Å²) in [5.41, 5.74) is 1.33. The Labute approximate surface area is 185 Å². The van der Waals surface area contributed by atoms with Crippen LogP contribution in [-0.4, -0.2) is 53.1 Å². The van der Waals surface area contributed by atoms with Gasteiger partial charge in [-0.25, -0.2) is 13.4 Å². The lowest BCUT2D eigenvalue weighted by molar-refractivity contribution is 0.103. The Morgan fingerprint density at radius 2 is 1.87 bits per heavy atom. The van der Waals surface area contributed by atoms with Crippen molar-refractivity contribution in [1.29, 1.82) is 0 Å². The van der Waals surface area contributed by atoms with Crippen LogP contribution in [0.3, 0.4) is 0 Å². The molecule has 0 saturated carbocycles. The van der Waals surface area contributed by atoms with Gasteiger partial charge in [-0.1, -0.05) is 35.3 Å². The van der Waals surface area contributed by atoms with Crippen LogP contribution in [0, 0.1) is 0 Å². The second-order valence-corrected chi connectivity index (χ2v) is 10.7. The average molecular weight is 466 g/mol. The molecule has 0 bridgehead atoms. The highest BCUT2D eigenvalue weighted by atomic mass is 35.5. The van der Waals surface area contributed by atoms with Gasteiger partial charge in [0.05, 0.1) is 27.4 Å². The van der Waals surface area contributed by atoms with Crippen molar-refractivity contribution in [3.63, 3.8) is 0 Å². The number of rotatable bonds is 5. The molecular weight excluding hydrogens is 445 g/mol. The van der Waals surface area contributed by atoms with Crippen LogP contribution in [0.2, 0.25) is 10.0 Å². The minimum Gasteiger partial charge on any atom is -0.302 e. The summed E-state index contributed by atoms with van der Waals surface area (Å²) in [6.45, 7) is 1.87. The smallest absolute Gasteiger partial charge is 0.215 e. The van der Waals surface area contributed by atoms with Crippen molar-refractivity contribution >= 4 is 44.3 Å². The SMILES string of the molecule is CS(=O)(=O)C1CCN(Cc2nc(C(=O)c3cccc(Cl)c3Cl)c3ccccn23)CC1. The first-order valence-corrected chi connectivity index (χ1v) is 12.3. The van der Waals surface area contributed by atoms with E-state index in [0.717, 1.165) is 5.82 Å². The molecule has 6 nitrogen and oxygen atoms in total. The van der Waals surface area contributed by atoms with Crippen LogP contribution in [0.4, 0.5) is 0 Å². The van der Waals surface area contributed by atoms with Gasteiger partial charge in [-0.05, 0) is 50.2 Å². The molecule has 2 aromatic heterocycles. The third-order valence-electron chi connectivity index (χ3n) is 5.54. The number of nitrogens with zero attached hydrogens (tertiary/aromatic N) is 3. The molecule has 158 valence electrons. The number of sulfone groups is 1. The lowest BCUT2D eigenvalue weighted by atomic mass is 10.1. The Bertz CT molecular complexity index is 1220. The van der Waals surface area contributed by atoms with Crippen LogP contribution in [-0.2, 0) is 16.4 Å². The Morgan fingerprint density at radius 3 is 2.57 bits per heavy atom. The third kappa shape index (κ3) is 4.12. The number of piperidine rings is 1. The lowest BCUT2D eigenvalue weighted by Crippen LogP contribution is -2.38. The number of imidazole rings is 1. The molecule has 4 rings (SSSR count). The van der Waals surface area contributed by atoms with E-state index in [9.17, 15) is 13.2 Å². The fourth-order valence-electron chi connectivity index (χ4n) is 3.88. The highest BCUT2D eigenvalue weighted by Gasteiger charge is 2.28. The van der Waals surface area contributed by atoms with Crippen molar-refractivity contribution in [3.05, 3.63) is 69.7 Å². The predicted octanol–water partition coefficient (Wildman–Crippen LogP) is 3.88. The van der Waals surface area contributed by atoms with Gasteiger partial charge in [-0.2, -0.15) is 0 Å². The summed E-state index contributed by atoms with van der Waals surface area (Å²) in [5, 5.41) is 0.249. The first-order chi connectivity index (χ1) is 14.3. The molecule has 0 atom stereocenters. The molecule has 1 aliphatic heterocycles. The summed E-state index contributed by atoms with van der Waals surface area (Å²) >= 11 is 12.3. The van der Waals surface area contributed by atoms with Crippen molar-refractivity contribution in [3.8, 4) is 0 Å². The molecule has 0 amide bonds. The van der Waals surface area contributed by atoms with E-state index >= 15 is 0 Å². The summed E-state index contributed by atoms with van der Waals surface area (Å²) in [6.07, 6.45) is 4.38. The Kier molecular flexibility index (Phi) is 5.90. The van der Waals surface area contributed by atoms with Crippen molar-refractivity contribution in [2.24, 2.45) is 0 Å². The van der Waals surface area contributed by atoms with Crippen LogP contribution in [0.25, 0.3) is 5.52 Å². The van der Waals surface area contributed by atoms with Gasteiger partial charge < -0.3 is 4.40 Å². The molecule has 0 aliphatic carbocycles. The van der Waals surface area contributed by atoms with Gasteiger partial charge in [0.25, 0.3) is 0 Å². The van der Waals surface area contributed by atoms with E-state index < -0.39 is 9.84 Å². The number of carbonyl (C=O) groups excluding carboxylic acids is 1. The molecule has 3 aromatic rings. The van der Waals surface area contributed by atoms with E-state index in [2.05, 4.69) is 9.88 Å². The number of likely N-dealkylation sites (tertiary alicyclic amines) is 1. The van der Waals surface area contributed by atoms with Crippen molar-refractivity contribution < 1.29 is 13.2 Å². The number of pyridine rings is 1. The molecule has 0 spiro atoms. The van der Waals surface area contributed by atoms with Crippen molar-refractivity contribution in [2.45, 2.75) is 24.6 Å². The summed E-state index contributed by atoms with van der Waals surface area (Å²) in [7, 11) is -3.02. The van der Waals surface area contributed by atoms with E-state index in [1.54, 1.807) is 18.2 Å². The summed E-state index contributed by atoms with van der Waals surface area (Å²) < 4.78 is 25.5. The zero-order valence-electron chi connectivity index (χ0n) is 16.4. The summed E-state index contributed by atoms with van der Waals surface area (Å²) in [4.78, 5) is 20.0. The normalized spacial score (nSPS) is 16.2. The molecular formula is C21H21Cl2N3O3S. The molecule has 0 unspecified atom stereocenters. The van der Waals surface area contributed by atoms with Crippen LogP contribution in [0.5, 0.6) is 0 Å². The van der Waals surface area contributed by atoms with Crippen LogP contribution in [0.1, 0.15) is 34.7 Å². The average Bonchev–Trinajstić information content (AvgIpc) is 3.08. The quantitative estimate of drug-likeness (QED) is 0.534. The van der Waals surface area contributed by atoms with E-state index in [1.807, 2.05) is 28.8 Å². The number of carbonyl (C=O) groups is 1. The standard InChI is InChI=1S/C21H21Cl2N3O3S/c1-30(28,29)14-8-11-25(12-9-14)13-18-24-20(17-7-2-3-10-26(17)18)21(27)15-5-4-6-16(22)19(15)23/h2-7,10,14H,8-9,11-13H2,1H3. The summed E-state index contributed by atoms with van der Waals surface area (Å²) in [5.74, 6) is 0.443. The zero-order valence-corrected chi connectivity index (χ0v) is 18.7. The van der Waals surface area contributed by atoms with Gasteiger partial charge >= 0.3 is 0 Å². The fourth-order valence-corrected chi connectivity index (χ4v) is 5.34. The number of hydrogen-bond donors (Lipinski definition) is 0. The van der Waals surface area contributed by atoms with Gasteiger partial charge in [0.15, 0.2) is 0 Å². The second-order valence-electron chi connectivity index (χ2n) is 7.57. The Morgan fingerprint density at radius 1 is 1.13 bits per heavy atom. The maximum Gasteiger partial charge on any atom is 0.215 e. The largest absolute Gasteiger partial charge is 0.302 e. The third-order valence-corrected chi connectivity index (χ3v) is 8.04. The molecule has 0 radical (unpaired) electrons. The van der Waals surface area contributed by atoms with Gasteiger partial charge in [-0.3, -0.25) is 9.69 Å². The number of hydrogen-bond acceptors (Lipinski definition) is 5. The zero-order chi connectivity index (χ0) is 21.5. The number of benzene rings is 1. The maximum atomic E-state index is 13.2. The molecule has 3 heterocycles. The number of aromatic nitrogens is 2. The number of halogens is 2. The highest BCUT2D eigenvalue weighted by Crippen LogP contribution is 2.29. The van der Waals surface area contributed by atoms with Gasteiger partial charge in [-0.15, -0.1) is 0 Å². The minimum atomic E-state index is -3.02. The summed E-state index contributed by atoms with van der Waals surface area (Å²) in [6, 6.07) is 10.5. The van der Waals surface area contributed by atoms with Crippen LogP contribution >= 0.6 is 23.2 Å². The minimum absolute atomic E-state index is 0.214. The first-order valence-electron chi connectivity index (χ1n) is 9.61. The molecule has 30 heavy (non-hydrogen) atoms. The molecule has 1 saturated heterocycles. The number of fused-ring (bicyclic) bond motifs is 1.